The van der Waals surface area contributed by atoms with Crippen LogP contribution in [0.3, 0.4) is 0 Å². The van der Waals surface area contributed by atoms with Crippen molar-refractivity contribution in [2.75, 3.05) is 32.8 Å². The lowest BCUT2D eigenvalue weighted by molar-refractivity contribution is -0.142. The predicted molar refractivity (Wildman–Crippen MR) is 62.3 cm³/mol. The SMILES string of the molecule is CC1(OCC(=O)N2CCCC2)CCCNC1. The molecular weight excluding hydrogens is 204 g/mol. The average Bonchev–Trinajstić information content (AvgIpc) is 2.80. The Balaban J connectivity index is 1.75. The number of hydrogen-bond donors (Lipinski definition) is 1. The zero-order chi connectivity index (χ0) is 11.4. The molecule has 16 heavy (non-hydrogen) atoms. The molecule has 2 heterocycles. The molecule has 0 aromatic carbocycles. The van der Waals surface area contributed by atoms with Gasteiger partial charge < -0.3 is 15.0 Å². The molecule has 92 valence electrons. The first kappa shape index (κ1) is 11.9. The van der Waals surface area contributed by atoms with Gasteiger partial charge in [-0.15, -0.1) is 0 Å². The highest BCUT2D eigenvalue weighted by Gasteiger charge is 2.29. The minimum absolute atomic E-state index is 0.145. The lowest BCUT2D eigenvalue weighted by atomic mass is 9.96. The van der Waals surface area contributed by atoms with Gasteiger partial charge in [-0.25, -0.2) is 0 Å². The molecule has 2 rings (SSSR count). The number of piperidine rings is 1. The van der Waals surface area contributed by atoms with Gasteiger partial charge in [-0.05, 0) is 39.2 Å². The first-order valence-electron chi connectivity index (χ1n) is 6.32. The summed E-state index contributed by atoms with van der Waals surface area (Å²) >= 11 is 0. The Morgan fingerprint density at radius 1 is 1.38 bits per heavy atom. The molecule has 1 atom stereocenters. The van der Waals surface area contributed by atoms with Crippen molar-refractivity contribution in [3.8, 4) is 0 Å². The second kappa shape index (κ2) is 5.15. The summed E-state index contributed by atoms with van der Waals surface area (Å²) in [5.41, 5.74) is -0.145. The van der Waals surface area contributed by atoms with Gasteiger partial charge in [0.2, 0.25) is 5.91 Å². The summed E-state index contributed by atoms with van der Waals surface area (Å²) in [7, 11) is 0. The molecule has 4 nitrogen and oxygen atoms in total. The maximum Gasteiger partial charge on any atom is 0.248 e. The Morgan fingerprint density at radius 3 is 2.75 bits per heavy atom. The van der Waals surface area contributed by atoms with E-state index < -0.39 is 0 Å². The molecule has 0 aromatic rings. The van der Waals surface area contributed by atoms with Crippen LogP contribution >= 0.6 is 0 Å². The molecule has 0 aliphatic carbocycles. The average molecular weight is 226 g/mol. The molecule has 2 aliphatic heterocycles. The molecule has 2 fully saturated rings. The highest BCUT2D eigenvalue weighted by atomic mass is 16.5. The van der Waals surface area contributed by atoms with E-state index in [1.54, 1.807) is 0 Å². The standard InChI is InChI=1S/C12H22N2O2/c1-12(5-4-6-13-10-12)16-9-11(15)14-7-2-3-8-14/h13H,2-10H2,1H3. The van der Waals surface area contributed by atoms with Gasteiger partial charge in [-0.3, -0.25) is 4.79 Å². The van der Waals surface area contributed by atoms with E-state index in [0.717, 1.165) is 51.9 Å². The van der Waals surface area contributed by atoms with Gasteiger partial charge in [0.25, 0.3) is 0 Å². The van der Waals surface area contributed by atoms with E-state index in [2.05, 4.69) is 12.2 Å². The first-order valence-corrected chi connectivity index (χ1v) is 6.32. The summed E-state index contributed by atoms with van der Waals surface area (Å²) in [6.45, 7) is 6.10. The van der Waals surface area contributed by atoms with Crippen LogP contribution in [0.1, 0.15) is 32.6 Å². The number of likely N-dealkylation sites (tertiary alicyclic amines) is 1. The Kier molecular flexibility index (Phi) is 3.82. The van der Waals surface area contributed by atoms with E-state index in [1.807, 2.05) is 4.90 Å². The van der Waals surface area contributed by atoms with Crippen molar-refractivity contribution in [2.24, 2.45) is 0 Å². The number of rotatable bonds is 3. The molecule has 0 bridgehead atoms. The molecule has 0 aromatic heterocycles. The second-order valence-corrected chi connectivity index (χ2v) is 5.11. The van der Waals surface area contributed by atoms with Crippen LogP contribution in [0.25, 0.3) is 0 Å². The summed E-state index contributed by atoms with van der Waals surface area (Å²) in [6.07, 6.45) is 4.47. The molecule has 4 heteroatoms. The fourth-order valence-corrected chi connectivity index (χ4v) is 2.45. The van der Waals surface area contributed by atoms with Crippen LogP contribution in [0, 0.1) is 0 Å². The smallest absolute Gasteiger partial charge is 0.248 e. The summed E-state index contributed by atoms with van der Waals surface area (Å²) in [5.74, 6) is 0.157. The summed E-state index contributed by atoms with van der Waals surface area (Å²) in [5, 5.41) is 3.32. The fourth-order valence-electron chi connectivity index (χ4n) is 2.45. The Morgan fingerprint density at radius 2 is 2.12 bits per heavy atom. The van der Waals surface area contributed by atoms with Crippen LogP contribution in [0.15, 0.2) is 0 Å². The van der Waals surface area contributed by atoms with Gasteiger partial charge in [-0.2, -0.15) is 0 Å². The highest BCUT2D eigenvalue weighted by molar-refractivity contribution is 5.77. The predicted octanol–water partition coefficient (Wildman–Crippen LogP) is 0.768. The zero-order valence-corrected chi connectivity index (χ0v) is 10.1. The summed E-state index contributed by atoms with van der Waals surface area (Å²) in [6, 6.07) is 0. The van der Waals surface area contributed by atoms with Gasteiger partial charge in [-0.1, -0.05) is 0 Å². The quantitative estimate of drug-likeness (QED) is 0.773. The normalized spacial score (nSPS) is 30.7. The van der Waals surface area contributed by atoms with E-state index in [0.29, 0.717) is 0 Å². The van der Waals surface area contributed by atoms with Crippen LogP contribution in [0.5, 0.6) is 0 Å². The van der Waals surface area contributed by atoms with Gasteiger partial charge in [0.05, 0.1) is 5.60 Å². The van der Waals surface area contributed by atoms with Gasteiger partial charge in [0.15, 0.2) is 0 Å². The number of hydrogen-bond acceptors (Lipinski definition) is 3. The third-order valence-corrected chi connectivity index (χ3v) is 3.56. The third kappa shape index (κ3) is 2.95. The number of carbonyl (C=O) groups is 1. The minimum atomic E-state index is -0.145. The molecule has 1 N–H and O–H groups in total. The minimum Gasteiger partial charge on any atom is -0.364 e. The molecule has 0 radical (unpaired) electrons. The van der Waals surface area contributed by atoms with Crippen LogP contribution in [-0.4, -0.2) is 49.2 Å². The number of nitrogens with zero attached hydrogens (tertiary/aromatic N) is 1. The zero-order valence-electron chi connectivity index (χ0n) is 10.1. The number of ether oxygens (including phenoxy) is 1. The van der Waals surface area contributed by atoms with Crippen LogP contribution in [-0.2, 0) is 9.53 Å². The van der Waals surface area contributed by atoms with E-state index in [-0.39, 0.29) is 18.1 Å². The summed E-state index contributed by atoms with van der Waals surface area (Å²) < 4.78 is 5.79. The van der Waals surface area contributed by atoms with E-state index >= 15 is 0 Å². The van der Waals surface area contributed by atoms with Crippen molar-refractivity contribution in [3.05, 3.63) is 0 Å². The van der Waals surface area contributed by atoms with Crippen molar-refractivity contribution in [1.82, 2.24) is 10.2 Å². The lowest BCUT2D eigenvalue weighted by Crippen LogP contribution is -2.47. The molecular formula is C12H22N2O2. The van der Waals surface area contributed by atoms with Gasteiger partial charge in [0.1, 0.15) is 6.61 Å². The maximum atomic E-state index is 11.8. The van der Waals surface area contributed by atoms with Crippen molar-refractivity contribution in [1.29, 1.82) is 0 Å². The Hall–Kier alpha value is -0.610. The van der Waals surface area contributed by atoms with E-state index in [1.165, 1.54) is 0 Å². The molecule has 0 spiro atoms. The van der Waals surface area contributed by atoms with Crippen LogP contribution in [0.4, 0.5) is 0 Å². The first-order chi connectivity index (χ1) is 7.70. The molecule has 1 amide bonds. The van der Waals surface area contributed by atoms with Crippen molar-refractivity contribution in [2.45, 2.75) is 38.2 Å². The number of amides is 1. The van der Waals surface area contributed by atoms with Gasteiger partial charge >= 0.3 is 0 Å². The monoisotopic (exact) mass is 226 g/mol. The van der Waals surface area contributed by atoms with Crippen molar-refractivity contribution >= 4 is 5.91 Å². The van der Waals surface area contributed by atoms with Gasteiger partial charge in [0, 0.05) is 19.6 Å². The number of nitrogens with one attached hydrogen (secondary N) is 1. The molecule has 2 saturated heterocycles. The number of carbonyl (C=O) groups excluding carboxylic acids is 1. The van der Waals surface area contributed by atoms with E-state index in [9.17, 15) is 4.79 Å². The Labute approximate surface area is 97.3 Å². The van der Waals surface area contributed by atoms with Crippen molar-refractivity contribution in [3.63, 3.8) is 0 Å². The molecule has 2 aliphatic rings. The highest BCUT2D eigenvalue weighted by Crippen LogP contribution is 2.20. The largest absolute Gasteiger partial charge is 0.364 e. The van der Waals surface area contributed by atoms with Crippen molar-refractivity contribution < 1.29 is 9.53 Å². The second-order valence-electron chi connectivity index (χ2n) is 5.11. The third-order valence-electron chi connectivity index (χ3n) is 3.56. The fraction of sp³-hybridized carbons (Fsp3) is 0.917. The molecule has 0 saturated carbocycles. The van der Waals surface area contributed by atoms with Crippen LogP contribution < -0.4 is 5.32 Å². The lowest BCUT2D eigenvalue weighted by Gasteiger charge is -2.34. The Bertz CT molecular complexity index is 243. The molecule has 1 unspecified atom stereocenters. The maximum absolute atomic E-state index is 11.8. The summed E-state index contributed by atoms with van der Waals surface area (Å²) in [4.78, 5) is 13.7. The van der Waals surface area contributed by atoms with E-state index in [4.69, 9.17) is 4.74 Å². The van der Waals surface area contributed by atoms with Crippen LogP contribution in [0.2, 0.25) is 0 Å². The topological polar surface area (TPSA) is 41.6 Å².